The lowest BCUT2D eigenvalue weighted by atomic mass is 9.47. The number of fused-ring (bicyclic) bond motifs is 5. The zero-order chi connectivity index (χ0) is 33.0. The Bertz CT molecular complexity index is 1020. The van der Waals surface area contributed by atoms with Crippen LogP contribution in [0, 0.1) is 28.6 Å². The van der Waals surface area contributed by atoms with Crippen LogP contribution in [0.5, 0.6) is 0 Å². The third-order valence-electron chi connectivity index (χ3n) is 12.9. The normalized spacial score (nSPS) is 31.9. The van der Waals surface area contributed by atoms with Gasteiger partial charge in [-0.05, 0) is 61.9 Å². The van der Waals surface area contributed by atoms with Crippen LogP contribution in [0.3, 0.4) is 0 Å². The molecule has 0 spiro atoms. The number of hydrogen-bond donors (Lipinski definition) is 0. The molecule has 7 atom stereocenters. The Labute approximate surface area is 281 Å². The van der Waals surface area contributed by atoms with Gasteiger partial charge in [0.2, 0.25) is 0 Å². The van der Waals surface area contributed by atoms with Crippen LogP contribution in [-0.2, 0) is 23.9 Å². The Morgan fingerprint density at radius 3 is 1.80 bits per heavy atom. The molecule has 5 nitrogen and oxygen atoms in total. The number of Topliss-reactive ketones (excluding diaryl/α,β-unsaturated/α-hetero) is 1. The van der Waals surface area contributed by atoms with E-state index in [1.54, 1.807) is 0 Å². The van der Waals surface area contributed by atoms with Crippen molar-refractivity contribution in [3.05, 3.63) is 11.6 Å². The van der Waals surface area contributed by atoms with Crippen LogP contribution in [0.4, 0.5) is 0 Å². The highest BCUT2D eigenvalue weighted by Gasteiger charge is 2.61. The van der Waals surface area contributed by atoms with Crippen molar-refractivity contribution in [1.29, 1.82) is 0 Å². The van der Waals surface area contributed by atoms with Gasteiger partial charge in [0.25, 0.3) is 0 Å². The predicted octanol–water partition coefficient (Wildman–Crippen LogP) is 11.0. The van der Waals surface area contributed by atoms with Crippen molar-refractivity contribution in [3.63, 3.8) is 0 Å². The van der Waals surface area contributed by atoms with Gasteiger partial charge in [-0.1, -0.05) is 129 Å². The molecule has 0 aliphatic heterocycles. The molecule has 4 aliphatic carbocycles. The highest BCUT2D eigenvalue weighted by Crippen LogP contribution is 2.64. The van der Waals surface area contributed by atoms with E-state index in [1.165, 1.54) is 109 Å². The van der Waals surface area contributed by atoms with E-state index >= 15 is 0 Å². The van der Waals surface area contributed by atoms with Gasteiger partial charge in [-0.2, -0.15) is 0 Å². The SMILES string of the molecule is CCCCCCCCCCCCCCCCCCCC(=O)OC1C=C2C[C@@H](OC(C)=O)CC[C@]2(C)C2CC[C@]3(C)C(=O)CCC3C12. The Morgan fingerprint density at radius 1 is 0.717 bits per heavy atom. The molecule has 4 aliphatic rings. The molecule has 4 rings (SSSR count). The van der Waals surface area contributed by atoms with Gasteiger partial charge in [0.05, 0.1) is 0 Å². The van der Waals surface area contributed by atoms with Crippen molar-refractivity contribution < 1.29 is 23.9 Å². The summed E-state index contributed by atoms with van der Waals surface area (Å²) < 4.78 is 12.0. The number of hydrogen-bond acceptors (Lipinski definition) is 5. The number of rotatable bonds is 20. The second-order valence-electron chi connectivity index (χ2n) is 16.2. The highest BCUT2D eigenvalue weighted by atomic mass is 16.5. The van der Waals surface area contributed by atoms with E-state index < -0.39 is 0 Å². The molecular formula is C41H68O5. The van der Waals surface area contributed by atoms with Crippen LogP contribution in [0.25, 0.3) is 0 Å². The molecule has 0 radical (unpaired) electrons. The molecule has 262 valence electrons. The molecule has 0 aromatic rings. The second-order valence-corrected chi connectivity index (χ2v) is 16.2. The number of ether oxygens (including phenoxy) is 2. The van der Waals surface area contributed by atoms with Crippen LogP contribution in [0.15, 0.2) is 11.6 Å². The van der Waals surface area contributed by atoms with Crippen molar-refractivity contribution in [2.75, 3.05) is 0 Å². The fraction of sp³-hybridized carbons (Fsp3) is 0.878. The summed E-state index contributed by atoms with van der Waals surface area (Å²) in [6, 6.07) is 0. The number of ketones is 1. The maximum absolute atomic E-state index is 13.2. The van der Waals surface area contributed by atoms with E-state index in [0.29, 0.717) is 24.5 Å². The van der Waals surface area contributed by atoms with E-state index in [2.05, 4.69) is 26.8 Å². The number of unbranched alkanes of at least 4 members (excludes halogenated alkanes) is 16. The quantitative estimate of drug-likeness (QED) is 0.0752. The minimum absolute atomic E-state index is 0.0186. The minimum atomic E-state index is -0.282. The molecule has 0 aromatic carbocycles. The average molecular weight is 641 g/mol. The summed E-state index contributed by atoms with van der Waals surface area (Å²) in [6.07, 6.45) is 31.0. The fourth-order valence-corrected chi connectivity index (χ4v) is 10.0. The zero-order valence-electron chi connectivity index (χ0n) is 30.2. The summed E-state index contributed by atoms with van der Waals surface area (Å²) in [7, 11) is 0. The van der Waals surface area contributed by atoms with Gasteiger partial charge in [-0.3, -0.25) is 14.4 Å². The molecule has 0 aromatic heterocycles. The average Bonchev–Trinajstić information content (AvgIpc) is 3.33. The molecule has 0 amide bonds. The van der Waals surface area contributed by atoms with Gasteiger partial charge >= 0.3 is 11.9 Å². The van der Waals surface area contributed by atoms with E-state index in [-0.39, 0.29) is 46.8 Å². The topological polar surface area (TPSA) is 69.7 Å². The second kappa shape index (κ2) is 18.2. The Hall–Kier alpha value is -1.65. The lowest BCUT2D eigenvalue weighted by Crippen LogP contribution is -2.55. The summed E-state index contributed by atoms with van der Waals surface area (Å²) in [5.41, 5.74) is 1.04. The van der Waals surface area contributed by atoms with Gasteiger partial charge < -0.3 is 9.47 Å². The van der Waals surface area contributed by atoms with Crippen molar-refractivity contribution in [3.8, 4) is 0 Å². The number of carbonyl (C=O) groups is 3. The van der Waals surface area contributed by atoms with E-state index in [1.807, 2.05) is 0 Å². The van der Waals surface area contributed by atoms with E-state index in [0.717, 1.165) is 51.4 Å². The predicted molar refractivity (Wildman–Crippen MR) is 186 cm³/mol. The van der Waals surface area contributed by atoms with Crippen molar-refractivity contribution in [2.24, 2.45) is 28.6 Å². The summed E-state index contributed by atoms with van der Waals surface area (Å²) in [6.45, 7) is 8.33. The lowest BCUT2D eigenvalue weighted by molar-refractivity contribution is -0.161. The van der Waals surface area contributed by atoms with Crippen LogP contribution >= 0.6 is 0 Å². The molecule has 3 saturated carbocycles. The van der Waals surface area contributed by atoms with Crippen LogP contribution in [0.1, 0.15) is 188 Å². The fourth-order valence-electron chi connectivity index (χ4n) is 10.0. The first-order valence-corrected chi connectivity index (χ1v) is 19.8. The molecule has 46 heavy (non-hydrogen) atoms. The minimum Gasteiger partial charge on any atom is -0.462 e. The Balaban J connectivity index is 1.17. The largest absolute Gasteiger partial charge is 0.462 e. The smallest absolute Gasteiger partial charge is 0.306 e. The van der Waals surface area contributed by atoms with E-state index in [9.17, 15) is 14.4 Å². The van der Waals surface area contributed by atoms with Crippen molar-refractivity contribution in [1.82, 2.24) is 0 Å². The molecule has 4 unspecified atom stereocenters. The highest BCUT2D eigenvalue weighted by molar-refractivity contribution is 5.87. The Kier molecular flexibility index (Phi) is 14.7. The third-order valence-corrected chi connectivity index (χ3v) is 12.9. The molecule has 5 heteroatoms. The van der Waals surface area contributed by atoms with Gasteiger partial charge in [0, 0.05) is 37.5 Å². The summed E-state index contributed by atoms with van der Waals surface area (Å²) in [5, 5.41) is 0. The molecule has 0 heterocycles. The maximum atomic E-state index is 13.2. The summed E-state index contributed by atoms with van der Waals surface area (Å²) in [4.78, 5) is 38.0. The first-order valence-electron chi connectivity index (χ1n) is 19.8. The summed E-state index contributed by atoms with van der Waals surface area (Å²) in [5.74, 6) is 0.962. The first-order chi connectivity index (χ1) is 22.2. The van der Waals surface area contributed by atoms with Crippen molar-refractivity contribution >= 4 is 17.7 Å². The van der Waals surface area contributed by atoms with Crippen LogP contribution < -0.4 is 0 Å². The third kappa shape index (κ3) is 9.71. The molecule has 0 N–H and O–H groups in total. The van der Waals surface area contributed by atoms with E-state index in [4.69, 9.17) is 9.47 Å². The monoisotopic (exact) mass is 641 g/mol. The van der Waals surface area contributed by atoms with Gasteiger partial charge in [0.15, 0.2) is 0 Å². The number of carbonyl (C=O) groups excluding carboxylic acids is 3. The van der Waals surface area contributed by atoms with Crippen LogP contribution in [-0.4, -0.2) is 29.9 Å². The van der Waals surface area contributed by atoms with Crippen molar-refractivity contribution in [2.45, 2.75) is 200 Å². The molecule has 0 saturated heterocycles. The van der Waals surface area contributed by atoms with Gasteiger partial charge in [-0.15, -0.1) is 0 Å². The zero-order valence-corrected chi connectivity index (χ0v) is 30.2. The molecule has 0 bridgehead atoms. The first kappa shape index (κ1) is 37.2. The standard InChI is InChI=1S/C41H68O5/c1-5-6-7-8-9-10-11-12-13-14-15-16-17-18-19-20-21-22-38(44)46-36-30-32-29-33(45-31(2)42)25-27-40(32,3)35-26-28-41(4)34(39(35)36)23-24-37(41)43/h30,33-36,39H,5-29H2,1-4H3/t33-,34?,35?,36?,39?,40-,41-/m0/s1. The van der Waals surface area contributed by atoms with Crippen LogP contribution in [0.2, 0.25) is 0 Å². The molecule has 3 fully saturated rings. The maximum Gasteiger partial charge on any atom is 0.306 e. The van der Waals surface area contributed by atoms with Gasteiger partial charge in [-0.25, -0.2) is 0 Å². The summed E-state index contributed by atoms with van der Waals surface area (Å²) >= 11 is 0. The lowest BCUT2D eigenvalue weighted by Gasteiger charge is -2.58. The Morgan fingerprint density at radius 2 is 1.24 bits per heavy atom. The molecular weight excluding hydrogens is 572 g/mol. The van der Waals surface area contributed by atoms with Gasteiger partial charge in [0.1, 0.15) is 18.0 Å². The number of esters is 2.